The van der Waals surface area contributed by atoms with Crippen LogP contribution < -0.4 is 12.4 Å². The van der Waals surface area contributed by atoms with Crippen LogP contribution in [0.1, 0.15) is 0 Å². The van der Waals surface area contributed by atoms with E-state index >= 15 is 0 Å². The van der Waals surface area contributed by atoms with Crippen LogP contribution in [0.25, 0.3) is 0 Å². The first-order valence-electron chi connectivity index (χ1n) is 1.11. The Morgan fingerprint density at radius 2 is 1.50 bits per heavy atom. The van der Waals surface area contributed by atoms with Gasteiger partial charge < -0.3 is 12.4 Å². The number of hydrogen-bond donors (Lipinski definition) is 0. The topological polar surface area (TPSA) is 18.5 Å². The van der Waals surface area contributed by atoms with Crippen molar-refractivity contribution in [1.82, 2.24) is 0 Å². The maximum atomic E-state index is 4.47. The molecule has 0 aliphatic heterocycles. The Morgan fingerprint density at radius 3 is 1.50 bits per heavy atom. The van der Waals surface area contributed by atoms with Gasteiger partial charge >= 0.3 is 37.5 Å². The Bertz CT molecular complexity index is 19.0. The van der Waals surface area contributed by atoms with Gasteiger partial charge in [-0.2, -0.15) is 0 Å². The summed E-state index contributed by atoms with van der Waals surface area (Å²) in [4.78, 5) is 0. The Morgan fingerprint density at radius 1 is 1.17 bits per heavy atom. The van der Waals surface area contributed by atoms with Crippen LogP contribution in [0.5, 0.6) is 0 Å². The second-order valence-corrected chi connectivity index (χ2v) is 1.43. The molecule has 0 N–H and O–H groups in total. The average Bonchev–Trinajstić information content (AvgIpc) is 1.41. The van der Waals surface area contributed by atoms with Gasteiger partial charge in [-0.25, -0.2) is 0 Å². The molecule has 0 spiro atoms. The minimum absolute atomic E-state index is 0. The molecule has 0 fully saturated rings. The molecule has 0 bridgehead atoms. The molecule has 2 nitrogen and oxygen atoms in total. The van der Waals surface area contributed by atoms with Crippen molar-refractivity contribution in [2.24, 2.45) is 0 Å². The minimum Gasteiger partial charge on any atom is -1.00 e. The second kappa shape index (κ2) is 9.21. The van der Waals surface area contributed by atoms with Crippen LogP contribution >= 0.6 is 0 Å². The van der Waals surface area contributed by atoms with Gasteiger partial charge in [0, 0.05) is 0 Å². The number of rotatable bonds is 2. The molecule has 0 saturated heterocycles. The molecule has 0 aliphatic rings. The van der Waals surface area contributed by atoms with Gasteiger partial charge in [0.1, 0.15) is 0 Å². The zero-order valence-corrected chi connectivity index (χ0v) is 5.41. The normalized spacial score (nSPS) is 7.00. The van der Waals surface area contributed by atoms with Crippen molar-refractivity contribution in [2.45, 2.75) is 0 Å². The Hall–Kier alpha value is 0.729. The molecule has 0 amide bonds. The molecule has 6 heavy (non-hydrogen) atoms. The third kappa shape index (κ3) is 8.83. The van der Waals surface area contributed by atoms with Gasteiger partial charge in [-0.05, 0) is 0 Å². The van der Waals surface area contributed by atoms with E-state index in [1.54, 1.807) is 14.2 Å². The van der Waals surface area contributed by atoms with E-state index in [2.05, 4.69) is 7.64 Å². The summed E-state index contributed by atoms with van der Waals surface area (Å²) in [6.45, 7) is 0. The monoisotopic (exact) mass is 153 g/mol. The van der Waals surface area contributed by atoms with Gasteiger partial charge in [0.2, 0.25) is 0 Å². The molecular formula is C2H6ClFeO2. The first-order valence-corrected chi connectivity index (χ1v) is 2.01. The maximum absolute atomic E-state index is 4.47. The first-order chi connectivity index (χ1) is 2.41. The van der Waals surface area contributed by atoms with Crippen LogP contribution in [0, 0.1) is 0 Å². The Kier molecular flexibility index (Phi) is 15.2. The molecule has 4 heteroatoms. The van der Waals surface area contributed by atoms with Crippen molar-refractivity contribution in [2.75, 3.05) is 14.2 Å². The van der Waals surface area contributed by atoms with Crippen LogP contribution in [0.15, 0.2) is 0 Å². The fourth-order valence-electron chi connectivity index (χ4n) is 0.0589. The molecule has 0 atom stereocenters. The summed E-state index contributed by atoms with van der Waals surface area (Å²) >= 11 is 0.389. The SMILES string of the molecule is C[O][Fe+][O]C.[Cl-]. The molecule has 0 aromatic heterocycles. The summed E-state index contributed by atoms with van der Waals surface area (Å²) in [6, 6.07) is 0. The molecule has 0 unspecified atom stereocenters. The van der Waals surface area contributed by atoms with E-state index in [9.17, 15) is 0 Å². The fourth-order valence-corrected chi connectivity index (χ4v) is 0.243. The van der Waals surface area contributed by atoms with Crippen LogP contribution in [0.3, 0.4) is 0 Å². The average molecular weight is 153 g/mol. The van der Waals surface area contributed by atoms with Crippen molar-refractivity contribution in [3.05, 3.63) is 0 Å². The standard InChI is InChI=1S/2CH3O.ClH.Fe/c2*1-2;;/h2*1H3;1H;/q2*-1;;+3/p-1. The third-order valence-electron chi connectivity index (χ3n) is 0.118. The zero-order valence-electron chi connectivity index (χ0n) is 3.55. The maximum Gasteiger partial charge on any atom is -1.00 e. The van der Waals surface area contributed by atoms with Gasteiger partial charge in [0.25, 0.3) is 0 Å². The first kappa shape index (κ1) is 9.88. The van der Waals surface area contributed by atoms with Crippen molar-refractivity contribution >= 4 is 0 Å². The van der Waals surface area contributed by atoms with E-state index in [0.717, 1.165) is 0 Å². The van der Waals surface area contributed by atoms with E-state index in [1.807, 2.05) is 0 Å². The van der Waals surface area contributed by atoms with Gasteiger partial charge in [-0.15, -0.1) is 0 Å². The quantitative estimate of drug-likeness (QED) is 0.399. The van der Waals surface area contributed by atoms with Crippen molar-refractivity contribution in [3.8, 4) is 0 Å². The molecular weight excluding hydrogens is 147 g/mol. The summed E-state index contributed by atoms with van der Waals surface area (Å²) in [5.41, 5.74) is 0. The van der Waals surface area contributed by atoms with E-state index in [4.69, 9.17) is 0 Å². The largest absolute Gasteiger partial charge is 1.00 e. The molecule has 41 valence electrons. The molecule has 0 aliphatic carbocycles. The number of hydrogen-bond acceptors (Lipinski definition) is 2. The van der Waals surface area contributed by atoms with Gasteiger partial charge in [0.05, 0.1) is 0 Å². The fraction of sp³-hybridized carbons (Fsp3) is 1.00. The minimum atomic E-state index is 0. The Labute approximate surface area is 50.4 Å². The molecule has 0 heterocycles. The second-order valence-electron chi connectivity index (χ2n) is 0.348. The predicted octanol–water partition coefficient (Wildman–Crippen LogP) is -2.80. The van der Waals surface area contributed by atoms with Gasteiger partial charge in [-0.1, -0.05) is 0 Å². The smallest absolute Gasteiger partial charge is 1.00 e. The number of halogens is 1. The van der Waals surface area contributed by atoms with Crippen LogP contribution in [0.4, 0.5) is 0 Å². The summed E-state index contributed by atoms with van der Waals surface area (Å²) in [6.07, 6.45) is 0. The molecule has 0 aromatic rings. The summed E-state index contributed by atoms with van der Waals surface area (Å²) in [7, 11) is 3.17. The van der Waals surface area contributed by atoms with E-state index in [1.165, 1.54) is 0 Å². The van der Waals surface area contributed by atoms with Gasteiger partial charge in [-0.3, -0.25) is 0 Å². The predicted molar refractivity (Wildman–Crippen MR) is 14.0 cm³/mol. The Balaban J connectivity index is 0. The molecule has 0 rings (SSSR count). The van der Waals surface area contributed by atoms with E-state index in [0.29, 0.717) is 15.6 Å². The molecule has 0 aromatic carbocycles. The van der Waals surface area contributed by atoms with E-state index < -0.39 is 0 Å². The summed E-state index contributed by atoms with van der Waals surface area (Å²) in [5, 5.41) is 0. The van der Waals surface area contributed by atoms with Crippen LogP contribution in [-0.2, 0) is 23.3 Å². The van der Waals surface area contributed by atoms with E-state index in [-0.39, 0.29) is 12.4 Å². The summed E-state index contributed by atoms with van der Waals surface area (Å²) in [5.74, 6) is 0. The third-order valence-corrected chi connectivity index (χ3v) is 0.486. The molecule has 0 saturated carbocycles. The van der Waals surface area contributed by atoms with Crippen molar-refractivity contribution < 1.29 is 35.7 Å². The van der Waals surface area contributed by atoms with Crippen molar-refractivity contribution in [3.63, 3.8) is 0 Å². The van der Waals surface area contributed by atoms with Crippen LogP contribution in [-0.4, -0.2) is 14.2 Å². The van der Waals surface area contributed by atoms with Gasteiger partial charge in [0.15, 0.2) is 0 Å². The molecule has 0 radical (unpaired) electrons. The zero-order chi connectivity index (χ0) is 4.12. The van der Waals surface area contributed by atoms with Crippen LogP contribution in [0.2, 0.25) is 0 Å². The van der Waals surface area contributed by atoms with Crippen molar-refractivity contribution in [1.29, 1.82) is 0 Å². The summed E-state index contributed by atoms with van der Waals surface area (Å²) < 4.78 is 8.94.